The summed E-state index contributed by atoms with van der Waals surface area (Å²) >= 11 is 0. The van der Waals surface area contributed by atoms with Gasteiger partial charge in [-0.3, -0.25) is 4.90 Å². The van der Waals surface area contributed by atoms with Gasteiger partial charge in [-0.05, 0) is 55.8 Å². The molecule has 110 valence electrons. The Morgan fingerprint density at radius 3 is 2.90 bits per heavy atom. The molecule has 1 saturated heterocycles. The third kappa shape index (κ3) is 2.77. The van der Waals surface area contributed by atoms with Crippen LogP contribution in [0.2, 0.25) is 0 Å². The molecule has 2 nitrogen and oxygen atoms in total. The lowest BCUT2D eigenvalue weighted by atomic mass is 9.82. The summed E-state index contributed by atoms with van der Waals surface area (Å²) in [6.45, 7) is 8.27. The Bertz CT molecular complexity index is 443. The van der Waals surface area contributed by atoms with E-state index in [1.54, 1.807) is 11.1 Å². The predicted molar refractivity (Wildman–Crippen MR) is 84.9 cm³/mol. The molecule has 1 heterocycles. The molecule has 2 heteroatoms. The van der Waals surface area contributed by atoms with Crippen LogP contribution in [0.5, 0.6) is 0 Å². The molecule has 0 radical (unpaired) electrons. The standard InChI is InChI=1S/C18H28N2/c1-3-19-18-16-9-5-4-8-15(16)10-11-17(18)20-12-6-7-14(2)13-20/h4-5,8-9,14,17-19H,3,6-7,10-13H2,1-2H3. The lowest BCUT2D eigenvalue weighted by molar-refractivity contribution is 0.0927. The number of fused-ring (bicyclic) bond motifs is 1. The topological polar surface area (TPSA) is 15.3 Å². The SMILES string of the molecule is CCNC1c2ccccc2CCC1N1CCCC(C)C1. The number of likely N-dealkylation sites (tertiary alicyclic amines) is 1. The third-order valence-electron chi connectivity index (χ3n) is 5.07. The molecule has 0 aromatic heterocycles. The third-order valence-corrected chi connectivity index (χ3v) is 5.07. The van der Waals surface area contributed by atoms with Crippen LogP contribution in [0, 0.1) is 5.92 Å². The number of likely N-dealkylation sites (N-methyl/N-ethyl adjacent to an activating group) is 1. The molecule has 1 aliphatic heterocycles. The molecule has 1 fully saturated rings. The summed E-state index contributed by atoms with van der Waals surface area (Å²) < 4.78 is 0. The van der Waals surface area contributed by atoms with E-state index in [2.05, 4.69) is 48.3 Å². The zero-order valence-corrected chi connectivity index (χ0v) is 12.9. The molecule has 1 aliphatic carbocycles. The molecule has 2 aliphatic rings. The van der Waals surface area contributed by atoms with Crippen molar-refractivity contribution in [2.45, 2.75) is 51.6 Å². The van der Waals surface area contributed by atoms with Crippen molar-refractivity contribution >= 4 is 0 Å². The summed E-state index contributed by atoms with van der Waals surface area (Å²) in [5.74, 6) is 0.864. The van der Waals surface area contributed by atoms with Crippen molar-refractivity contribution in [3.05, 3.63) is 35.4 Å². The first-order chi connectivity index (χ1) is 9.79. The van der Waals surface area contributed by atoms with Crippen LogP contribution in [0.4, 0.5) is 0 Å². The average Bonchev–Trinajstić information content (AvgIpc) is 2.48. The molecule has 0 amide bonds. The van der Waals surface area contributed by atoms with Crippen LogP contribution in [-0.4, -0.2) is 30.6 Å². The summed E-state index contributed by atoms with van der Waals surface area (Å²) in [4.78, 5) is 2.76. The van der Waals surface area contributed by atoms with Crippen molar-refractivity contribution in [3.8, 4) is 0 Å². The highest BCUT2D eigenvalue weighted by Gasteiger charge is 2.34. The van der Waals surface area contributed by atoms with Gasteiger partial charge in [-0.25, -0.2) is 0 Å². The molecule has 0 saturated carbocycles. The van der Waals surface area contributed by atoms with Gasteiger partial charge in [0, 0.05) is 18.6 Å². The summed E-state index contributed by atoms with van der Waals surface area (Å²) in [6.07, 6.45) is 5.33. The number of benzene rings is 1. The van der Waals surface area contributed by atoms with Gasteiger partial charge in [0.25, 0.3) is 0 Å². The van der Waals surface area contributed by atoms with Crippen LogP contribution in [0.15, 0.2) is 24.3 Å². The predicted octanol–water partition coefficient (Wildman–Crippen LogP) is 3.38. The first-order valence-electron chi connectivity index (χ1n) is 8.34. The van der Waals surface area contributed by atoms with Crippen LogP contribution >= 0.6 is 0 Å². The Balaban J connectivity index is 1.84. The molecule has 3 unspecified atom stereocenters. The quantitative estimate of drug-likeness (QED) is 0.907. The zero-order chi connectivity index (χ0) is 13.9. The van der Waals surface area contributed by atoms with E-state index < -0.39 is 0 Å². The van der Waals surface area contributed by atoms with Gasteiger partial charge in [-0.15, -0.1) is 0 Å². The highest BCUT2D eigenvalue weighted by Crippen LogP contribution is 2.34. The van der Waals surface area contributed by atoms with Crippen LogP contribution in [0.25, 0.3) is 0 Å². The molecule has 1 aromatic carbocycles. The van der Waals surface area contributed by atoms with E-state index in [4.69, 9.17) is 0 Å². The number of aryl methyl sites for hydroxylation is 1. The second kappa shape index (κ2) is 6.28. The van der Waals surface area contributed by atoms with Gasteiger partial charge in [0.15, 0.2) is 0 Å². The van der Waals surface area contributed by atoms with Gasteiger partial charge in [0.1, 0.15) is 0 Å². The van der Waals surface area contributed by atoms with Gasteiger partial charge in [-0.2, -0.15) is 0 Å². The maximum absolute atomic E-state index is 3.76. The number of hydrogen-bond acceptors (Lipinski definition) is 2. The Labute approximate surface area is 123 Å². The second-order valence-corrected chi connectivity index (χ2v) is 6.58. The highest BCUT2D eigenvalue weighted by molar-refractivity contribution is 5.34. The van der Waals surface area contributed by atoms with Gasteiger partial charge in [-0.1, -0.05) is 38.1 Å². The molecular weight excluding hydrogens is 244 g/mol. The van der Waals surface area contributed by atoms with Crippen molar-refractivity contribution in [2.75, 3.05) is 19.6 Å². The maximum Gasteiger partial charge on any atom is 0.0480 e. The van der Waals surface area contributed by atoms with Crippen molar-refractivity contribution in [1.82, 2.24) is 10.2 Å². The van der Waals surface area contributed by atoms with Gasteiger partial charge < -0.3 is 5.32 Å². The number of rotatable bonds is 3. The molecule has 20 heavy (non-hydrogen) atoms. The van der Waals surface area contributed by atoms with E-state index in [1.165, 1.54) is 38.8 Å². The van der Waals surface area contributed by atoms with Crippen LogP contribution in [-0.2, 0) is 6.42 Å². The lowest BCUT2D eigenvalue weighted by Gasteiger charge is -2.44. The Hall–Kier alpha value is -0.860. The maximum atomic E-state index is 3.76. The van der Waals surface area contributed by atoms with E-state index in [-0.39, 0.29) is 0 Å². The fourth-order valence-electron chi connectivity index (χ4n) is 4.13. The first-order valence-corrected chi connectivity index (χ1v) is 8.34. The van der Waals surface area contributed by atoms with Crippen LogP contribution in [0.1, 0.15) is 50.3 Å². The van der Waals surface area contributed by atoms with Gasteiger partial charge >= 0.3 is 0 Å². The first kappa shape index (κ1) is 14.1. The highest BCUT2D eigenvalue weighted by atomic mass is 15.2. The Morgan fingerprint density at radius 2 is 2.10 bits per heavy atom. The molecule has 1 aromatic rings. The molecular formula is C18H28N2. The van der Waals surface area contributed by atoms with Crippen molar-refractivity contribution in [3.63, 3.8) is 0 Å². The number of piperidine rings is 1. The zero-order valence-electron chi connectivity index (χ0n) is 12.9. The van der Waals surface area contributed by atoms with E-state index in [0.717, 1.165) is 12.5 Å². The molecule has 0 bridgehead atoms. The van der Waals surface area contributed by atoms with Crippen LogP contribution < -0.4 is 5.32 Å². The Morgan fingerprint density at radius 1 is 1.25 bits per heavy atom. The normalized spacial score (nSPS) is 31.0. The van der Waals surface area contributed by atoms with E-state index in [0.29, 0.717) is 12.1 Å². The minimum absolute atomic E-state index is 0.523. The monoisotopic (exact) mass is 272 g/mol. The van der Waals surface area contributed by atoms with Crippen molar-refractivity contribution in [2.24, 2.45) is 5.92 Å². The molecule has 0 spiro atoms. The lowest BCUT2D eigenvalue weighted by Crippen LogP contribution is -2.50. The second-order valence-electron chi connectivity index (χ2n) is 6.58. The smallest absolute Gasteiger partial charge is 0.0480 e. The molecule has 3 atom stereocenters. The summed E-state index contributed by atoms with van der Waals surface area (Å²) in [5, 5.41) is 3.76. The largest absolute Gasteiger partial charge is 0.309 e. The number of hydrogen-bond donors (Lipinski definition) is 1. The summed E-state index contributed by atoms with van der Waals surface area (Å²) in [6, 6.07) is 10.2. The van der Waals surface area contributed by atoms with Crippen LogP contribution in [0.3, 0.4) is 0 Å². The molecule has 1 N–H and O–H groups in total. The Kier molecular flexibility index (Phi) is 4.42. The summed E-state index contributed by atoms with van der Waals surface area (Å²) in [5.41, 5.74) is 3.10. The number of nitrogens with zero attached hydrogens (tertiary/aromatic N) is 1. The average molecular weight is 272 g/mol. The van der Waals surface area contributed by atoms with Gasteiger partial charge in [0.2, 0.25) is 0 Å². The van der Waals surface area contributed by atoms with E-state index in [9.17, 15) is 0 Å². The molecule has 3 rings (SSSR count). The minimum atomic E-state index is 0.523. The van der Waals surface area contributed by atoms with E-state index in [1.807, 2.05) is 0 Å². The fraction of sp³-hybridized carbons (Fsp3) is 0.667. The van der Waals surface area contributed by atoms with Gasteiger partial charge in [0.05, 0.1) is 0 Å². The fourth-order valence-corrected chi connectivity index (χ4v) is 4.13. The van der Waals surface area contributed by atoms with E-state index >= 15 is 0 Å². The summed E-state index contributed by atoms with van der Waals surface area (Å²) in [7, 11) is 0. The number of nitrogens with one attached hydrogen (secondary N) is 1. The van der Waals surface area contributed by atoms with Crippen molar-refractivity contribution in [1.29, 1.82) is 0 Å². The van der Waals surface area contributed by atoms with Crippen molar-refractivity contribution < 1.29 is 0 Å². The minimum Gasteiger partial charge on any atom is -0.309 e.